The Kier molecular flexibility index (Phi) is 37.6. The molecule has 0 fully saturated rings. The smallest absolute Gasteiger partial charge is 0.306 e. The Hall–Kier alpha value is -1.91. The van der Waals surface area contributed by atoms with Crippen molar-refractivity contribution in [2.75, 3.05) is 19.8 Å². The summed E-state index contributed by atoms with van der Waals surface area (Å²) >= 11 is 0. The molecule has 0 aromatic heterocycles. The maximum atomic E-state index is 12.1. The quantitative estimate of drug-likeness (QED) is 0.0424. The van der Waals surface area contributed by atoms with Gasteiger partial charge in [-0.05, 0) is 77.0 Å². The van der Waals surface area contributed by atoms with Gasteiger partial charge in [0.05, 0.1) is 13.2 Å². The maximum absolute atomic E-state index is 12.1. The maximum Gasteiger partial charge on any atom is 0.306 e. The zero-order valence-corrected chi connectivity index (χ0v) is 30.3. The minimum absolute atomic E-state index is 0.179. The number of hydrogen-bond donors (Lipinski definition) is 1. The summed E-state index contributed by atoms with van der Waals surface area (Å²) in [5.41, 5.74) is 0. The molecule has 0 amide bonds. The van der Waals surface area contributed by atoms with Crippen LogP contribution in [0.15, 0.2) is 60.8 Å². The van der Waals surface area contributed by atoms with Crippen LogP contribution in [-0.2, 0) is 14.3 Å². The summed E-state index contributed by atoms with van der Waals surface area (Å²) in [6.07, 6.45) is 51.2. The predicted octanol–water partition coefficient (Wildman–Crippen LogP) is 12.5. The highest BCUT2D eigenvalue weighted by Crippen LogP contribution is 2.12. The van der Waals surface area contributed by atoms with Gasteiger partial charge in [0.2, 0.25) is 0 Å². The van der Waals surface area contributed by atoms with Crippen LogP contribution in [0.1, 0.15) is 174 Å². The molecular formula is C42H74O4. The third-order valence-electron chi connectivity index (χ3n) is 8.08. The van der Waals surface area contributed by atoms with Crippen LogP contribution in [0.3, 0.4) is 0 Å². The van der Waals surface area contributed by atoms with E-state index < -0.39 is 6.10 Å². The van der Waals surface area contributed by atoms with Gasteiger partial charge in [-0.2, -0.15) is 0 Å². The Labute approximate surface area is 285 Å². The Morgan fingerprint density at radius 2 is 0.978 bits per heavy atom. The molecule has 4 heteroatoms. The molecule has 46 heavy (non-hydrogen) atoms. The SMILES string of the molecule is CC/C=C\C/C=C\C/C=C\C/C=C\CCCCCCCCCCCOCC(CO)OC(=O)CCCCCCC/C=C\CCCCC. The van der Waals surface area contributed by atoms with Gasteiger partial charge in [0.25, 0.3) is 0 Å². The fraction of sp³-hybridized carbons (Fsp3) is 0.738. The minimum atomic E-state index is -0.542. The van der Waals surface area contributed by atoms with Crippen molar-refractivity contribution in [3.8, 4) is 0 Å². The molecule has 0 spiro atoms. The third-order valence-corrected chi connectivity index (χ3v) is 8.08. The second kappa shape index (κ2) is 39.3. The first-order valence-electron chi connectivity index (χ1n) is 19.4. The molecule has 0 radical (unpaired) electrons. The lowest BCUT2D eigenvalue weighted by atomic mass is 10.1. The van der Waals surface area contributed by atoms with E-state index in [0.29, 0.717) is 13.0 Å². The van der Waals surface area contributed by atoms with Gasteiger partial charge in [-0.1, -0.05) is 152 Å². The molecule has 1 unspecified atom stereocenters. The van der Waals surface area contributed by atoms with E-state index in [9.17, 15) is 9.90 Å². The van der Waals surface area contributed by atoms with Crippen LogP contribution in [0.2, 0.25) is 0 Å². The molecule has 0 aliphatic carbocycles. The number of esters is 1. The number of carbonyl (C=O) groups excluding carboxylic acids is 1. The molecule has 1 atom stereocenters. The number of carbonyl (C=O) groups is 1. The standard InChI is InChI=1S/C42H74O4/c1-3-5-7-9-11-13-15-17-18-19-20-21-22-23-24-25-26-28-30-32-34-36-38-45-40-41(39-43)46-42(44)37-35-33-31-29-27-16-14-12-10-8-6-4-2/h5,7,11-14,17-18,20-21,41,43H,3-4,6,8-10,15-16,19,22-40H2,1-2H3/b7-5-,13-11-,14-12-,18-17-,21-20-. The fourth-order valence-electron chi connectivity index (χ4n) is 5.19. The van der Waals surface area contributed by atoms with Crippen LogP contribution in [0.5, 0.6) is 0 Å². The van der Waals surface area contributed by atoms with Crippen LogP contribution >= 0.6 is 0 Å². The number of allylic oxidation sites excluding steroid dienone is 10. The lowest BCUT2D eigenvalue weighted by Crippen LogP contribution is -2.27. The number of aliphatic hydroxyl groups excluding tert-OH is 1. The molecule has 0 bridgehead atoms. The number of unbranched alkanes of at least 4 members (excludes halogenated alkanes) is 17. The molecule has 0 saturated carbocycles. The van der Waals surface area contributed by atoms with E-state index in [2.05, 4.69) is 74.6 Å². The summed E-state index contributed by atoms with van der Waals surface area (Å²) in [6.45, 7) is 5.18. The fourth-order valence-corrected chi connectivity index (χ4v) is 5.19. The Morgan fingerprint density at radius 1 is 0.543 bits per heavy atom. The van der Waals surface area contributed by atoms with Crippen molar-refractivity contribution in [3.63, 3.8) is 0 Å². The molecule has 4 nitrogen and oxygen atoms in total. The average Bonchev–Trinajstić information content (AvgIpc) is 3.06. The highest BCUT2D eigenvalue weighted by atomic mass is 16.6. The molecule has 0 aromatic rings. The summed E-state index contributed by atoms with van der Waals surface area (Å²) < 4.78 is 11.1. The van der Waals surface area contributed by atoms with E-state index in [1.54, 1.807) is 0 Å². The Morgan fingerprint density at radius 3 is 1.50 bits per heavy atom. The van der Waals surface area contributed by atoms with Crippen molar-refractivity contribution in [2.45, 2.75) is 180 Å². The Bertz CT molecular complexity index is 764. The molecule has 0 aromatic carbocycles. The Balaban J connectivity index is 3.46. The van der Waals surface area contributed by atoms with Gasteiger partial charge in [-0.25, -0.2) is 0 Å². The summed E-state index contributed by atoms with van der Waals surface area (Å²) in [5, 5.41) is 9.56. The topological polar surface area (TPSA) is 55.8 Å². The number of hydrogen-bond acceptors (Lipinski definition) is 4. The summed E-state index contributed by atoms with van der Waals surface area (Å²) in [6, 6.07) is 0. The number of ether oxygens (including phenoxy) is 2. The molecule has 1 N–H and O–H groups in total. The molecular weight excluding hydrogens is 568 g/mol. The van der Waals surface area contributed by atoms with Gasteiger partial charge >= 0.3 is 5.97 Å². The summed E-state index contributed by atoms with van der Waals surface area (Å²) in [7, 11) is 0. The minimum Gasteiger partial charge on any atom is -0.457 e. The van der Waals surface area contributed by atoms with Gasteiger partial charge in [-0.3, -0.25) is 4.79 Å². The molecule has 0 saturated heterocycles. The van der Waals surface area contributed by atoms with E-state index in [1.165, 1.54) is 103 Å². The van der Waals surface area contributed by atoms with E-state index in [0.717, 1.165) is 51.4 Å². The second-order valence-corrected chi connectivity index (χ2v) is 12.6. The summed E-state index contributed by atoms with van der Waals surface area (Å²) in [4.78, 5) is 12.1. The molecule has 0 aliphatic rings. The van der Waals surface area contributed by atoms with Crippen LogP contribution in [0.25, 0.3) is 0 Å². The van der Waals surface area contributed by atoms with Gasteiger partial charge in [0.15, 0.2) is 0 Å². The van der Waals surface area contributed by atoms with E-state index in [1.807, 2.05) is 0 Å². The largest absolute Gasteiger partial charge is 0.457 e. The third kappa shape index (κ3) is 36.6. The van der Waals surface area contributed by atoms with Crippen molar-refractivity contribution < 1.29 is 19.4 Å². The first-order valence-corrected chi connectivity index (χ1v) is 19.4. The van der Waals surface area contributed by atoms with Crippen molar-refractivity contribution in [3.05, 3.63) is 60.8 Å². The van der Waals surface area contributed by atoms with E-state index in [-0.39, 0.29) is 19.2 Å². The molecule has 266 valence electrons. The lowest BCUT2D eigenvalue weighted by molar-refractivity contribution is -0.154. The zero-order valence-electron chi connectivity index (χ0n) is 30.3. The van der Waals surface area contributed by atoms with Crippen molar-refractivity contribution in [1.82, 2.24) is 0 Å². The van der Waals surface area contributed by atoms with Gasteiger partial charge in [0.1, 0.15) is 6.10 Å². The first-order chi connectivity index (χ1) is 22.7. The average molecular weight is 643 g/mol. The van der Waals surface area contributed by atoms with Gasteiger partial charge in [0, 0.05) is 13.0 Å². The summed E-state index contributed by atoms with van der Waals surface area (Å²) in [5.74, 6) is -0.215. The number of aliphatic hydroxyl groups is 1. The van der Waals surface area contributed by atoms with E-state index in [4.69, 9.17) is 9.47 Å². The monoisotopic (exact) mass is 643 g/mol. The van der Waals surface area contributed by atoms with Crippen LogP contribution in [0, 0.1) is 0 Å². The van der Waals surface area contributed by atoms with Crippen molar-refractivity contribution in [2.24, 2.45) is 0 Å². The van der Waals surface area contributed by atoms with Crippen LogP contribution in [-0.4, -0.2) is 37.0 Å². The zero-order chi connectivity index (χ0) is 33.4. The molecule has 0 rings (SSSR count). The molecule has 0 heterocycles. The first kappa shape index (κ1) is 44.1. The van der Waals surface area contributed by atoms with Crippen molar-refractivity contribution >= 4 is 5.97 Å². The second-order valence-electron chi connectivity index (χ2n) is 12.6. The lowest BCUT2D eigenvalue weighted by Gasteiger charge is -2.15. The van der Waals surface area contributed by atoms with Crippen LogP contribution < -0.4 is 0 Å². The van der Waals surface area contributed by atoms with Gasteiger partial charge in [-0.15, -0.1) is 0 Å². The van der Waals surface area contributed by atoms with E-state index >= 15 is 0 Å². The number of rotatable bonds is 35. The highest BCUT2D eigenvalue weighted by Gasteiger charge is 2.13. The van der Waals surface area contributed by atoms with Gasteiger partial charge < -0.3 is 14.6 Å². The van der Waals surface area contributed by atoms with Crippen LogP contribution in [0.4, 0.5) is 0 Å². The predicted molar refractivity (Wildman–Crippen MR) is 200 cm³/mol. The molecule has 0 aliphatic heterocycles. The normalized spacial score (nSPS) is 13.0. The van der Waals surface area contributed by atoms with Crippen molar-refractivity contribution in [1.29, 1.82) is 0 Å². The highest BCUT2D eigenvalue weighted by molar-refractivity contribution is 5.69.